The van der Waals surface area contributed by atoms with E-state index in [4.69, 9.17) is 15.7 Å². The first kappa shape index (κ1) is 9.66. The van der Waals surface area contributed by atoms with E-state index in [1.165, 1.54) is 17.4 Å². The van der Waals surface area contributed by atoms with Crippen LogP contribution in [-0.4, -0.2) is 38.0 Å². The molecule has 3 N–H and O–H groups in total. The van der Waals surface area contributed by atoms with Gasteiger partial charge in [0.15, 0.2) is 11.3 Å². The molecule has 2 aromatic rings. The summed E-state index contributed by atoms with van der Waals surface area (Å²) in [6, 6.07) is 0. The van der Waals surface area contributed by atoms with Crippen molar-refractivity contribution in [1.29, 1.82) is 0 Å². The maximum absolute atomic E-state index is 8.60. The quantitative estimate of drug-likeness (QED) is 0.641. The largest absolute Gasteiger partial charge is 0.411 e. The highest BCUT2D eigenvalue weighted by atomic mass is 16.7. The molecule has 2 heterocycles. The molecule has 0 aliphatic rings. The van der Waals surface area contributed by atoms with Crippen molar-refractivity contribution in [3.05, 3.63) is 12.7 Å². The van der Waals surface area contributed by atoms with Crippen LogP contribution in [0.5, 0.6) is 0 Å². The van der Waals surface area contributed by atoms with E-state index in [0.29, 0.717) is 30.0 Å². The Morgan fingerprint density at radius 3 is 3.07 bits per heavy atom. The molecule has 0 aliphatic heterocycles. The van der Waals surface area contributed by atoms with E-state index in [1.807, 2.05) is 0 Å². The van der Waals surface area contributed by atoms with Gasteiger partial charge >= 0.3 is 0 Å². The van der Waals surface area contributed by atoms with Gasteiger partial charge in [0.25, 0.3) is 0 Å². The zero-order chi connectivity index (χ0) is 10.7. The Balaban J connectivity index is 2.25. The van der Waals surface area contributed by atoms with Crippen LogP contribution in [0.3, 0.4) is 0 Å². The van der Waals surface area contributed by atoms with Crippen molar-refractivity contribution >= 4 is 17.0 Å². The smallest absolute Gasteiger partial charge is 0.201 e. The Bertz CT molecular complexity index is 455. The van der Waals surface area contributed by atoms with Gasteiger partial charge < -0.3 is 15.7 Å². The predicted octanol–water partition coefficient (Wildman–Crippen LogP) is -0.780. The van der Waals surface area contributed by atoms with Crippen LogP contribution in [0.25, 0.3) is 11.2 Å². The number of nitrogens with zero attached hydrogens (tertiary/aromatic N) is 4. The lowest BCUT2D eigenvalue weighted by Gasteiger charge is -2.04. The molecule has 7 nitrogen and oxygen atoms in total. The number of rotatable bonds is 4. The number of aliphatic hydroxyl groups excluding tert-OH is 1. The Hall–Kier alpha value is -1.89. The molecule has 0 unspecified atom stereocenters. The summed E-state index contributed by atoms with van der Waals surface area (Å²) in [6.07, 6.45) is 3.39. The molecule has 80 valence electrons. The summed E-state index contributed by atoms with van der Waals surface area (Å²) >= 11 is 0. The number of nitrogens with two attached hydrogens (primary N) is 1. The molecule has 0 spiro atoms. The first-order chi connectivity index (χ1) is 7.33. The summed E-state index contributed by atoms with van der Waals surface area (Å²) in [7, 11) is 0. The summed E-state index contributed by atoms with van der Waals surface area (Å²) in [5.41, 5.74) is 6.65. The molecule has 2 rings (SSSR count). The fourth-order valence-electron chi connectivity index (χ4n) is 1.15. The van der Waals surface area contributed by atoms with Gasteiger partial charge in [-0.15, -0.1) is 0 Å². The van der Waals surface area contributed by atoms with Gasteiger partial charge in [-0.3, -0.25) is 0 Å². The second-order valence-electron chi connectivity index (χ2n) is 2.91. The lowest BCUT2D eigenvalue weighted by molar-refractivity contribution is 0.102. The van der Waals surface area contributed by atoms with Crippen molar-refractivity contribution in [2.45, 2.75) is 6.42 Å². The van der Waals surface area contributed by atoms with Gasteiger partial charge in [0.2, 0.25) is 5.65 Å². The van der Waals surface area contributed by atoms with Gasteiger partial charge in [-0.2, -0.15) is 4.73 Å². The van der Waals surface area contributed by atoms with Crippen LogP contribution >= 0.6 is 0 Å². The zero-order valence-electron chi connectivity index (χ0n) is 8.00. The summed E-state index contributed by atoms with van der Waals surface area (Å²) in [4.78, 5) is 17.1. The maximum atomic E-state index is 8.60. The normalized spacial score (nSPS) is 10.7. The Labute approximate surface area is 85.5 Å². The van der Waals surface area contributed by atoms with Crippen molar-refractivity contribution < 1.29 is 9.94 Å². The highest BCUT2D eigenvalue weighted by Gasteiger charge is 2.07. The first-order valence-electron chi connectivity index (χ1n) is 4.50. The van der Waals surface area contributed by atoms with Gasteiger partial charge in [-0.25, -0.2) is 15.0 Å². The number of hydrogen-bond donors (Lipinski definition) is 2. The standard InChI is InChI=1S/C8H11N5O2/c9-7-6-8(11-4-10-7)13(5-12-6)15-3-1-2-14/h4-5,14H,1-3H2,(H2,9,10,11). The molecular weight excluding hydrogens is 198 g/mol. The van der Waals surface area contributed by atoms with Gasteiger partial charge in [0.1, 0.15) is 19.3 Å². The summed E-state index contributed by atoms with van der Waals surface area (Å²) in [6.45, 7) is 0.482. The van der Waals surface area contributed by atoms with Crippen LogP contribution < -0.4 is 10.6 Å². The minimum absolute atomic E-state index is 0.0871. The molecule has 0 saturated carbocycles. The fourth-order valence-corrected chi connectivity index (χ4v) is 1.15. The molecule has 15 heavy (non-hydrogen) atoms. The maximum Gasteiger partial charge on any atom is 0.201 e. The summed E-state index contributed by atoms with van der Waals surface area (Å²) in [5.74, 6) is 0.324. The number of nitrogen functional groups attached to an aromatic ring is 1. The van der Waals surface area contributed by atoms with Crippen molar-refractivity contribution in [2.24, 2.45) is 0 Å². The molecule has 0 atom stereocenters. The lowest BCUT2D eigenvalue weighted by Crippen LogP contribution is -2.13. The van der Waals surface area contributed by atoms with Gasteiger partial charge in [-0.1, -0.05) is 0 Å². The average molecular weight is 209 g/mol. The second-order valence-corrected chi connectivity index (χ2v) is 2.91. The third kappa shape index (κ3) is 1.82. The van der Waals surface area contributed by atoms with Crippen molar-refractivity contribution in [2.75, 3.05) is 18.9 Å². The van der Waals surface area contributed by atoms with E-state index in [9.17, 15) is 0 Å². The average Bonchev–Trinajstić information content (AvgIpc) is 2.64. The molecule has 0 amide bonds. The number of fused-ring (bicyclic) bond motifs is 1. The van der Waals surface area contributed by atoms with Crippen LogP contribution in [0.2, 0.25) is 0 Å². The van der Waals surface area contributed by atoms with E-state index in [0.717, 1.165) is 0 Å². The van der Waals surface area contributed by atoms with Gasteiger partial charge in [0, 0.05) is 13.0 Å². The van der Waals surface area contributed by atoms with Crippen molar-refractivity contribution in [1.82, 2.24) is 19.7 Å². The molecule has 7 heteroatoms. The molecule has 0 bridgehead atoms. The van der Waals surface area contributed by atoms with Crippen LogP contribution in [0, 0.1) is 0 Å². The molecule has 0 saturated heterocycles. The number of aliphatic hydroxyl groups is 1. The number of aromatic nitrogens is 4. The molecule has 0 radical (unpaired) electrons. The highest BCUT2D eigenvalue weighted by molar-refractivity contribution is 5.80. The third-order valence-electron chi connectivity index (χ3n) is 1.86. The highest BCUT2D eigenvalue weighted by Crippen LogP contribution is 2.12. The molecule has 0 aliphatic carbocycles. The van der Waals surface area contributed by atoms with Crippen LogP contribution in [0.1, 0.15) is 6.42 Å². The number of imidazole rings is 1. The zero-order valence-corrected chi connectivity index (χ0v) is 8.00. The molecule has 0 fully saturated rings. The Morgan fingerprint density at radius 1 is 1.40 bits per heavy atom. The second kappa shape index (κ2) is 4.09. The lowest BCUT2D eigenvalue weighted by atomic mass is 10.5. The first-order valence-corrected chi connectivity index (χ1v) is 4.50. The van der Waals surface area contributed by atoms with E-state index in [1.54, 1.807) is 0 Å². The van der Waals surface area contributed by atoms with Crippen LogP contribution in [0.4, 0.5) is 5.82 Å². The fraction of sp³-hybridized carbons (Fsp3) is 0.375. The van der Waals surface area contributed by atoms with Gasteiger partial charge in [0.05, 0.1) is 0 Å². The van der Waals surface area contributed by atoms with Crippen molar-refractivity contribution in [3.8, 4) is 0 Å². The number of hydrogen-bond acceptors (Lipinski definition) is 6. The minimum atomic E-state index is 0.0871. The summed E-state index contributed by atoms with van der Waals surface area (Å²) < 4.78 is 1.42. The Morgan fingerprint density at radius 2 is 2.27 bits per heavy atom. The molecule has 0 aromatic carbocycles. The SMILES string of the molecule is Nc1ncnc2c1ncn2OCCCO. The molecule has 2 aromatic heterocycles. The third-order valence-corrected chi connectivity index (χ3v) is 1.86. The van der Waals surface area contributed by atoms with E-state index < -0.39 is 0 Å². The van der Waals surface area contributed by atoms with E-state index >= 15 is 0 Å². The predicted molar refractivity (Wildman–Crippen MR) is 52.9 cm³/mol. The monoisotopic (exact) mass is 209 g/mol. The van der Waals surface area contributed by atoms with Crippen LogP contribution in [0.15, 0.2) is 12.7 Å². The van der Waals surface area contributed by atoms with E-state index in [-0.39, 0.29) is 6.61 Å². The van der Waals surface area contributed by atoms with E-state index in [2.05, 4.69) is 15.0 Å². The molecular formula is C8H11N5O2. The van der Waals surface area contributed by atoms with Crippen LogP contribution in [-0.2, 0) is 0 Å². The number of anilines is 1. The van der Waals surface area contributed by atoms with Gasteiger partial charge in [-0.05, 0) is 0 Å². The minimum Gasteiger partial charge on any atom is -0.411 e. The Kier molecular flexibility index (Phi) is 2.64. The topological polar surface area (TPSA) is 99.1 Å². The summed E-state index contributed by atoms with van der Waals surface area (Å²) in [5, 5.41) is 8.60. The van der Waals surface area contributed by atoms with Crippen molar-refractivity contribution in [3.63, 3.8) is 0 Å².